The zero-order valence-corrected chi connectivity index (χ0v) is 9.92. The molecular weight excluding hydrogens is 250 g/mol. The molecule has 0 fully saturated rings. The van der Waals surface area contributed by atoms with Gasteiger partial charge in [0.15, 0.2) is 0 Å². The van der Waals surface area contributed by atoms with E-state index in [1.807, 2.05) is 6.07 Å². The van der Waals surface area contributed by atoms with Crippen molar-refractivity contribution < 1.29 is 4.92 Å². The van der Waals surface area contributed by atoms with Crippen molar-refractivity contribution in [2.45, 2.75) is 9.92 Å². The van der Waals surface area contributed by atoms with Gasteiger partial charge >= 0.3 is 0 Å². The predicted molar refractivity (Wildman–Crippen MR) is 66.2 cm³/mol. The van der Waals surface area contributed by atoms with Crippen LogP contribution in [0.2, 0.25) is 0 Å². The second kappa shape index (κ2) is 5.29. The Morgan fingerprint density at radius 3 is 2.61 bits per heavy atom. The van der Waals surface area contributed by atoms with Crippen molar-refractivity contribution in [3.63, 3.8) is 0 Å². The van der Waals surface area contributed by atoms with Crippen LogP contribution in [0.4, 0.5) is 5.69 Å². The molecule has 1 aromatic carbocycles. The Labute approximate surface area is 107 Å². The van der Waals surface area contributed by atoms with E-state index >= 15 is 0 Å². The van der Waals surface area contributed by atoms with E-state index in [0.717, 1.165) is 4.90 Å². The molecule has 1 aromatic heterocycles. The fraction of sp³-hybridized carbons (Fsp3) is 0. The van der Waals surface area contributed by atoms with Crippen LogP contribution < -0.4 is 0 Å². The highest BCUT2D eigenvalue weighted by Crippen LogP contribution is 2.27. The molecule has 0 aliphatic rings. The number of benzene rings is 1. The van der Waals surface area contributed by atoms with Gasteiger partial charge in [0.25, 0.3) is 5.69 Å². The van der Waals surface area contributed by atoms with Crippen molar-refractivity contribution in [2.75, 3.05) is 0 Å². The minimum absolute atomic E-state index is 0.0538. The second-order valence-electron chi connectivity index (χ2n) is 3.35. The highest BCUT2D eigenvalue weighted by atomic mass is 32.2. The van der Waals surface area contributed by atoms with Crippen molar-refractivity contribution in [2.24, 2.45) is 0 Å². The van der Waals surface area contributed by atoms with Gasteiger partial charge in [-0.25, -0.2) is 4.98 Å². The third-order valence-corrected chi connectivity index (χ3v) is 3.07. The first-order valence-corrected chi connectivity index (χ1v) is 5.79. The Morgan fingerprint density at radius 2 is 2.00 bits per heavy atom. The molecule has 0 saturated heterocycles. The van der Waals surface area contributed by atoms with Crippen LogP contribution in [-0.4, -0.2) is 9.91 Å². The van der Waals surface area contributed by atoms with E-state index in [-0.39, 0.29) is 5.69 Å². The monoisotopic (exact) mass is 257 g/mol. The predicted octanol–water partition coefficient (Wildman–Crippen LogP) is 3.01. The molecule has 5 nitrogen and oxygen atoms in total. The normalized spacial score (nSPS) is 9.72. The smallest absolute Gasteiger partial charge is 0.258 e. The van der Waals surface area contributed by atoms with E-state index in [1.165, 1.54) is 23.9 Å². The number of aromatic nitrogens is 1. The van der Waals surface area contributed by atoms with Gasteiger partial charge in [-0.3, -0.25) is 10.1 Å². The van der Waals surface area contributed by atoms with Crippen LogP contribution in [0.1, 0.15) is 5.56 Å². The summed E-state index contributed by atoms with van der Waals surface area (Å²) in [7, 11) is 0. The van der Waals surface area contributed by atoms with Gasteiger partial charge in [-0.2, -0.15) is 5.26 Å². The molecule has 0 saturated carbocycles. The molecule has 88 valence electrons. The van der Waals surface area contributed by atoms with Gasteiger partial charge in [0.1, 0.15) is 5.03 Å². The van der Waals surface area contributed by atoms with Crippen molar-refractivity contribution in [1.82, 2.24) is 4.98 Å². The molecule has 0 atom stereocenters. The maximum absolute atomic E-state index is 10.5. The van der Waals surface area contributed by atoms with Crippen molar-refractivity contribution >= 4 is 17.4 Å². The summed E-state index contributed by atoms with van der Waals surface area (Å²) in [4.78, 5) is 15.0. The molecule has 0 unspecified atom stereocenters. The van der Waals surface area contributed by atoms with Crippen LogP contribution in [0.15, 0.2) is 52.5 Å². The lowest BCUT2D eigenvalue weighted by atomic mass is 10.3. The number of rotatable bonds is 3. The molecule has 0 aliphatic carbocycles. The number of hydrogen-bond acceptors (Lipinski definition) is 5. The zero-order valence-electron chi connectivity index (χ0n) is 9.11. The topological polar surface area (TPSA) is 79.8 Å². The van der Waals surface area contributed by atoms with Gasteiger partial charge in [0, 0.05) is 23.2 Å². The van der Waals surface area contributed by atoms with Crippen molar-refractivity contribution in [3.05, 3.63) is 58.3 Å². The first kappa shape index (κ1) is 12.1. The number of non-ortho nitro benzene ring substituents is 1. The minimum atomic E-state index is -0.441. The van der Waals surface area contributed by atoms with Gasteiger partial charge in [0.05, 0.1) is 16.6 Å². The maximum Gasteiger partial charge on any atom is 0.269 e. The van der Waals surface area contributed by atoms with E-state index in [0.29, 0.717) is 10.6 Å². The Balaban J connectivity index is 2.18. The molecule has 0 N–H and O–H groups in total. The summed E-state index contributed by atoms with van der Waals surface area (Å²) >= 11 is 1.35. The lowest BCUT2D eigenvalue weighted by Gasteiger charge is -2.00. The van der Waals surface area contributed by atoms with Crippen LogP contribution in [0.3, 0.4) is 0 Å². The van der Waals surface area contributed by atoms with Crippen LogP contribution in [-0.2, 0) is 0 Å². The van der Waals surface area contributed by atoms with Crippen molar-refractivity contribution in [3.8, 4) is 6.07 Å². The van der Waals surface area contributed by atoms with Gasteiger partial charge in [-0.05, 0) is 24.3 Å². The average molecular weight is 257 g/mol. The van der Waals surface area contributed by atoms with E-state index in [2.05, 4.69) is 4.98 Å². The lowest BCUT2D eigenvalue weighted by molar-refractivity contribution is -0.384. The summed E-state index contributed by atoms with van der Waals surface area (Å²) < 4.78 is 0. The number of nitrogens with zero attached hydrogens (tertiary/aromatic N) is 3. The van der Waals surface area contributed by atoms with Crippen LogP contribution in [0.25, 0.3) is 0 Å². The quantitative estimate of drug-likeness (QED) is 0.623. The van der Waals surface area contributed by atoms with E-state index in [4.69, 9.17) is 5.26 Å². The minimum Gasteiger partial charge on any atom is -0.258 e. The summed E-state index contributed by atoms with van der Waals surface area (Å²) in [5.74, 6) is 0. The fourth-order valence-electron chi connectivity index (χ4n) is 1.29. The SMILES string of the molecule is N#Cc1ccnc(Sc2ccc([N+](=O)[O-])cc2)c1. The summed E-state index contributed by atoms with van der Waals surface area (Å²) in [6.45, 7) is 0. The molecule has 2 rings (SSSR count). The number of nitriles is 1. The Hall–Kier alpha value is -2.39. The highest BCUT2D eigenvalue weighted by molar-refractivity contribution is 7.99. The Morgan fingerprint density at radius 1 is 1.28 bits per heavy atom. The van der Waals surface area contributed by atoms with Crippen LogP contribution in [0.5, 0.6) is 0 Å². The summed E-state index contributed by atoms with van der Waals surface area (Å²) in [6.07, 6.45) is 1.56. The molecule has 1 heterocycles. The molecule has 0 bridgehead atoms. The van der Waals surface area contributed by atoms with Crippen LogP contribution >= 0.6 is 11.8 Å². The second-order valence-corrected chi connectivity index (χ2v) is 4.44. The molecule has 0 amide bonds. The largest absolute Gasteiger partial charge is 0.269 e. The first-order valence-electron chi connectivity index (χ1n) is 4.97. The molecule has 18 heavy (non-hydrogen) atoms. The summed E-state index contributed by atoms with van der Waals surface area (Å²) in [6, 6.07) is 11.5. The number of hydrogen-bond donors (Lipinski definition) is 0. The number of nitro benzene ring substituents is 1. The molecule has 2 aromatic rings. The number of pyridine rings is 1. The molecular formula is C12H7N3O2S. The van der Waals surface area contributed by atoms with E-state index in [1.54, 1.807) is 30.5 Å². The van der Waals surface area contributed by atoms with Crippen LogP contribution in [0, 0.1) is 21.4 Å². The van der Waals surface area contributed by atoms with Gasteiger partial charge < -0.3 is 0 Å². The number of nitro groups is 1. The molecule has 0 spiro atoms. The maximum atomic E-state index is 10.5. The summed E-state index contributed by atoms with van der Waals surface area (Å²) in [5, 5.41) is 20.0. The van der Waals surface area contributed by atoms with Gasteiger partial charge in [-0.1, -0.05) is 11.8 Å². The first-order chi connectivity index (χ1) is 8.69. The third-order valence-electron chi connectivity index (χ3n) is 2.13. The third kappa shape index (κ3) is 2.84. The molecule has 0 aliphatic heterocycles. The molecule has 0 radical (unpaired) electrons. The average Bonchev–Trinajstić information content (AvgIpc) is 2.39. The lowest BCUT2D eigenvalue weighted by Crippen LogP contribution is -1.87. The standard InChI is InChI=1S/C12H7N3O2S/c13-8-9-5-6-14-12(7-9)18-11-3-1-10(2-4-11)15(16)17/h1-7H. The van der Waals surface area contributed by atoms with E-state index in [9.17, 15) is 10.1 Å². The fourth-order valence-corrected chi connectivity index (χ4v) is 2.10. The van der Waals surface area contributed by atoms with Gasteiger partial charge in [-0.15, -0.1) is 0 Å². The Bertz CT molecular complexity index is 620. The highest BCUT2D eigenvalue weighted by Gasteiger charge is 2.05. The van der Waals surface area contributed by atoms with E-state index < -0.39 is 4.92 Å². The molecule has 6 heteroatoms. The summed E-state index contributed by atoms with van der Waals surface area (Å²) in [5.41, 5.74) is 0.590. The van der Waals surface area contributed by atoms with Crippen molar-refractivity contribution in [1.29, 1.82) is 5.26 Å². The van der Waals surface area contributed by atoms with Gasteiger partial charge in [0.2, 0.25) is 0 Å². The zero-order chi connectivity index (χ0) is 13.0. The Kier molecular flexibility index (Phi) is 3.55.